The van der Waals surface area contributed by atoms with Gasteiger partial charge in [0, 0.05) is 10.5 Å². The normalized spacial score (nSPS) is 11.8. The molecular weight excluding hydrogens is 354 g/mol. The Morgan fingerprint density at radius 3 is 2.65 bits per heavy atom. The van der Waals surface area contributed by atoms with E-state index in [4.69, 9.17) is 4.74 Å². The molecule has 122 valence electrons. The number of ether oxygens (including phenoxy) is 1. The molecule has 3 nitrogen and oxygen atoms in total. The number of carbonyl (C=O) groups excluding carboxylic acids is 1. The Kier molecular flexibility index (Phi) is 6.66. The fraction of sp³-hybridized carbons (Fsp3) is 0.316. The van der Waals surface area contributed by atoms with Crippen LogP contribution in [0.4, 0.5) is 0 Å². The summed E-state index contributed by atoms with van der Waals surface area (Å²) in [4.78, 5) is 11.9. The zero-order chi connectivity index (χ0) is 16.7. The molecule has 0 saturated carbocycles. The summed E-state index contributed by atoms with van der Waals surface area (Å²) >= 11 is 3.44. The van der Waals surface area contributed by atoms with Crippen molar-refractivity contribution in [1.82, 2.24) is 5.32 Å². The van der Waals surface area contributed by atoms with Crippen LogP contribution in [0.1, 0.15) is 24.5 Å². The van der Waals surface area contributed by atoms with Gasteiger partial charge < -0.3 is 10.1 Å². The standard InChI is InChI=1S/C19H22BrNO2/c1-14-12-17(10-11-18(14)20)23-13-19(22)21-15(2)8-9-16-6-4-3-5-7-16/h3-7,10-12,15H,8-9,13H2,1-2H3,(H,21,22)/t15-/m0/s1. The summed E-state index contributed by atoms with van der Waals surface area (Å²) in [5.41, 5.74) is 2.37. The van der Waals surface area contributed by atoms with Crippen LogP contribution < -0.4 is 10.1 Å². The molecule has 2 rings (SSSR count). The van der Waals surface area contributed by atoms with Gasteiger partial charge in [0.05, 0.1) is 0 Å². The molecule has 1 amide bonds. The molecule has 0 bridgehead atoms. The summed E-state index contributed by atoms with van der Waals surface area (Å²) in [7, 11) is 0. The van der Waals surface area contributed by atoms with Gasteiger partial charge >= 0.3 is 0 Å². The van der Waals surface area contributed by atoms with E-state index in [0.29, 0.717) is 5.75 Å². The van der Waals surface area contributed by atoms with Gasteiger partial charge in [0.15, 0.2) is 6.61 Å². The lowest BCUT2D eigenvalue weighted by Crippen LogP contribution is -2.36. The number of carbonyl (C=O) groups is 1. The van der Waals surface area contributed by atoms with Gasteiger partial charge in [-0.25, -0.2) is 0 Å². The van der Waals surface area contributed by atoms with Crippen LogP contribution in [0.25, 0.3) is 0 Å². The van der Waals surface area contributed by atoms with Gasteiger partial charge in [0.2, 0.25) is 0 Å². The van der Waals surface area contributed by atoms with Crippen molar-refractivity contribution in [3.8, 4) is 5.75 Å². The van der Waals surface area contributed by atoms with Crippen molar-refractivity contribution in [3.63, 3.8) is 0 Å². The fourth-order valence-corrected chi connectivity index (χ4v) is 2.52. The molecular formula is C19H22BrNO2. The molecule has 0 spiro atoms. The molecule has 0 fully saturated rings. The first kappa shape index (κ1) is 17.5. The maximum absolute atomic E-state index is 11.9. The average Bonchev–Trinajstić information content (AvgIpc) is 2.55. The van der Waals surface area contributed by atoms with E-state index in [1.165, 1.54) is 5.56 Å². The van der Waals surface area contributed by atoms with Crippen molar-refractivity contribution in [2.75, 3.05) is 6.61 Å². The highest BCUT2D eigenvalue weighted by atomic mass is 79.9. The van der Waals surface area contributed by atoms with E-state index >= 15 is 0 Å². The minimum Gasteiger partial charge on any atom is -0.484 e. The predicted molar refractivity (Wildman–Crippen MR) is 96.7 cm³/mol. The minimum absolute atomic E-state index is 0.0384. The number of hydrogen-bond donors (Lipinski definition) is 1. The van der Waals surface area contributed by atoms with E-state index in [9.17, 15) is 4.79 Å². The van der Waals surface area contributed by atoms with E-state index in [2.05, 4.69) is 33.4 Å². The Bertz CT molecular complexity index is 643. The van der Waals surface area contributed by atoms with Crippen molar-refractivity contribution in [3.05, 3.63) is 64.1 Å². The maximum Gasteiger partial charge on any atom is 0.258 e. The van der Waals surface area contributed by atoms with Crippen molar-refractivity contribution < 1.29 is 9.53 Å². The van der Waals surface area contributed by atoms with Gasteiger partial charge in [-0.1, -0.05) is 46.3 Å². The van der Waals surface area contributed by atoms with Gasteiger partial charge in [-0.05, 0) is 56.0 Å². The molecule has 4 heteroatoms. The molecule has 2 aromatic carbocycles. The second-order valence-corrected chi connectivity index (χ2v) is 6.55. The van der Waals surface area contributed by atoms with Crippen LogP contribution in [0, 0.1) is 6.92 Å². The Morgan fingerprint density at radius 2 is 1.96 bits per heavy atom. The first-order chi connectivity index (χ1) is 11.0. The number of hydrogen-bond acceptors (Lipinski definition) is 2. The van der Waals surface area contributed by atoms with Gasteiger partial charge in [-0.2, -0.15) is 0 Å². The van der Waals surface area contributed by atoms with Gasteiger partial charge in [-0.3, -0.25) is 4.79 Å². The number of halogens is 1. The Balaban J connectivity index is 1.72. The molecule has 0 unspecified atom stereocenters. The topological polar surface area (TPSA) is 38.3 Å². The van der Waals surface area contributed by atoms with E-state index in [1.54, 1.807) is 0 Å². The second kappa shape index (κ2) is 8.73. The van der Waals surface area contributed by atoms with Crippen LogP contribution in [0.3, 0.4) is 0 Å². The molecule has 0 aliphatic rings. The van der Waals surface area contributed by atoms with Crippen molar-refractivity contribution in [1.29, 1.82) is 0 Å². The number of amides is 1. The fourth-order valence-electron chi connectivity index (χ4n) is 2.27. The average molecular weight is 376 g/mol. The van der Waals surface area contributed by atoms with Crippen LogP contribution in [-0.4, -0.2) is 18.6 Å². The van der Waals surface area contributed by atoms with Gasteiger partial charge in [0.25, 0.3) is 5.91 Å². The number of nitrogens with one attached hydrogen (secondary N) is 1. The number of rotatable bonds is 7. The second-order valence-electron chi connectivity index (χ2n) is 5.69. The first-order valence-electron chi connectivity index (χ1n) is 7.77. The summed E-state index contributed by atoms with van der Waals surface area (Å²) in [5, 5.41) is 2.97. The highest BCUT2D eigenvalue weighted by molar-refractivity contribution is 9.10. The molecule has 0 radical (unpaired) electrons. The molecule has 0 aliphatic carbocycles. The molecule has 1 atom stereocenters. The quantitative estimate of drug-likeness (QED) is 0.784. The van der Waals surface area contributed by atoms with E-state index < -0.39 is 0 Å². The van der Waals surface area contributed by atoms with Crippen molar-refractivity contribution >= 4 is 21.8 Å². The number of aryl methyl sites for hydroxylation is 2. The summed E-state index contributed by atoms with van der Waals surface area (Å²) in [6.45, 7) is 4.05. The molecule has 0 aromatic heterocycles. The lowest BCUT2D eigenvalue weighted by atomic mass is 10.1. The molecule has 0 heterocycles. The summed E-state index contributed by atoms with van der Waals surface area (Å²) in [6.07, 6.45) is 1.86. The van der Waals surface area contributed by atoms with Gasteiger partial charge in [-0.15, -0.1) is 0 Å². The van der Waals surface area contributed by atoms with Crippen LogP contribution in [-0.2, 0) is 11.2 Å². The van der Waals surface area contributed by atoms with Crippen LogP contribution in [0.15, 0.2) is 53.0 Å². The third kappa shape index (κ3) is 6.06. The van der Waals surface area contributed by atoms with E-state index in [0.717, 1.165) is 22.9 Å². The minimum atomic E-state index is -0.0915. The molecule has 2 aromatic rings. The third-order valence-corrected chi connectivity index (χ3v) is 4.51. The third-order valence-electron chi connectivity index (χ3n) is 3.62. The predicted octanol–water partition coefficient (Wildman–Crippen LogP) is 4.27. The van der Waals surface area contributed by atoms with Crippen LogP contribution in [0.2, 0.25) is 0 Å². The highest BCUT2D eigenvalue weighted by Gasteiger charge is 2.09. The van der Waals surface area contributed by atoms with Crippen molar-refractivity contribution in [2.45, 2.75) is 32.7 Å². The zero-order valence-electron chi connectivity index (χ0n) is 13.5. The molecule has 23 heavy (non-hydrogen) atoms. The summed E-state index contributed by atoms with van der Waals surface area (Å²) in [5.74, 6) is 0.615. The molecule has 0 saturated heterocycles. The lowest BCUT2D eigenvalue weighted by molar-refractivity contribution is -0.123. The van der Waals surface area contributed by atoms with Gasteiger partial charge in [0.1, 0.15) is 5.75 Å². The van der Waals surface area contributed by atoms with E-state index in [1.807, 2.05) is 50.2 Å². The Morgan fingerprint density at radius 1 is 1.22 bits per heavy atom. The largest absolute Gasteiger partial charge is 0.484 e. The molecule has 0 aliphatic heterocycles. The summed E-state index contributed by atoms with van der Waals surface area (Å²) < 4.78 is 6.57. The van der Waals surface area contributed by atoms with E-state index in [-0.39, 0.29) is 18.6 Å². The summed E-state index contributed by atoms with van der Waals surface area (Å²) in [6, 6.07) is 16.1. The monoisotopic (exact) mass is 375 g/mol. The molecule has 1 N–H and O–H groups in total. The van der Waals surface area contributed by atoms with Crippen LogP contribution in [0.5, 0.6) is 5.75 Å². The SMILES string of the molecule is Cc1cc(OCC(=O)N[C@@H](C)CCc2ccccc2)ccc1Br. The van der Waals surface area contributed by atoms with Crippen LogP contribution >= 0.6 is 15.9 Å². The smallest absolute Gasteiger partial charge is 0.258 e. The lowest BCUT2D eigenvalue weighted by Gasteiger charge is -2.14. The Labute approximate surface area is 146 Å². The Hall–Kier alpha value is -1.81. The zero-order valence-corrected chi connectivity index (χ0v) is 15.1. The highest BCUT2D eigenvalue weighted by Crippen LogP contribution is 2.21. The maximum atomic E-state index is 11.9. The first-order valence-corrected chi connectivity index (χ1v) is 8.56. The van der Waals surface area contributed by atoms with Crippen molar-refractivity contribution in [2.24, 2.45) is 0 Å². The number of benzene rings is 2.